The number of nitrogens with one attached hydrogen (secondary N) is 1. The smallest absolute Gasteiger partial charge is 0.129 e. The maximum absolute atomic E-state index is 14.0. The van der Waals surface area contributed by atoms with Crippen molar-refractivity contribution in [2.45, 2.75) is 38.6 Å². The Labute approximate surface area is 121 Å². The van der Waals surface area contributed by atoms with E-state index in [1.807, 2.05) is 6.92 Å². The van der Waals surface area contributed by atoms with Gasteiger partial charge in [-0.25, -0.2) is 4.39 Å². The summed E-state index contributed by atoms with van der Waals surface area (Å²) in [5, 5.41) is 3.94. The van der Waals surface area contributed by atoms with Crippen molar-refractivity contribution in [2.24, 2.45) is 5.92 Å². The summed E-state index contributed by atoms with van der Waals surface area (Å²) < 4.78 is 14.7. The van der Waals surface area contributed by atoms with Crippen LogP contribution in [0.1, 0.15) is 44.2 Å². The maximum atomic E-state index is 14.0. The van der Waals surface area contributed by atoms with Crippen LogP contribution < -0.4 is 5.32 Å². The topological polar surface area (TPSA) is 12.0 Å². The summed E-state index contributed by atoms with van der Waals surface area (Å²) in [4.78, 5) is 0. The van der Waals surface area contributed by atoms with Gasteiger partial charge in [-0.1, -0.05) is 37.8 Å². The molecule has 1 aliphatic rings. The molecule has 0 bridgehead atoms. The van der Waals surface area contributed by atoms with Crippen LogP contribution in [-0.4, -0.2) is 6.54 Å². The molecule has 0 aromatic heterocycles. The lowest BCUT2D eigenvalue weighted by Gasteiger charge is -2.30. The summed E-state index contributed by atoms with van der Waals surface area (Å²) in [7, 11) is 0. The van der Waals surface area contributed by atoms with Crippen molar-refractivity contribution in [2.75, 3.05) is 6.54 Å². The average molecular weight is 335 g/mol. The molecule has 0 spiro atoms. The van der Waals surface area contributed by atoms with Gasteiger partial charge in [0.25, 0.3) is 0 Å². The zero-order chi connectivity index (χ0) is 13.1. The van der Waals surface area contributed by atoms with Gasteiger partial charge in [0.15, 0.2) is 0 Å². The Bertz CT molecular complexity index is 421. The van der Waals surface area contributed by atoms with Gasteiger partial charge in [0.1, 0.15) is 5.82 Å². The van der Waals surface area contributed by atoms with Gasteiger partial charge in [-0.05, 0) is 46.9 Å². The molecule has 1 aromatic carbocycles. The molecule has 2 rings (SSSR count). The van der Waals surface area contributed by atoms with Crippen LogP contribution in [0.3, 0.4) is 0 Å². The number of hydrogen-bond acceptors (Lipinski definition) is 1. The molecule has 1 nitrogen and oxygen atoms in total. The van der Waals surface area contributed by atoms with E-state index in [1.54, 1.807) is 6.07 Å². The van der Waals surface area contributed by atoms with Gasteiger partial charge in [0, 0.05) is 16.1 Å². The van der Waals surface area contributed by atoms with Gasteiger partial charge in [-0.3, -0.25) is 0 Å². The lowest BCUT2D eigenvalue weighted by atomic mass is 9.79. The van der Waals surface area contributed by atoms with E-state index >= 15 is 0 Å². The Balaban J connectivity index is 2.20. The SMILES string of the molecule is CCNC(CC1CCC1)c1cc(Cl)c(Br)cc1F. The molecule has 1 N–H and O–H groups in total. The molecular formula is C14H18BrClFN. The zero-order valence-electron chi connectivity index (χ0n) is 10.5. The van der Waals surface area contributed by atoms with Crippen LogP contribution in [0, 0.1) is 11.7 Å². The van der Waals surface area contributed by atoms with E-state index < -0.39 is 0 Å². The summed E-state index contributed by atoms with van der Waals surface area (Å²) in [5.74, 6) is 0.549. The zero-order valence-corrected chi connectivity index (χ0v) is 12.8. The second-order valence-corrected chi connectivity index (χ2v) is 6.19. The third-order valence-electron chi connectivity index (χ3n) is 3.66. The molecule has 100 valence electrons. The molecule has 0 radical (unpaired) electrons. The minimum absolute atomic E-state index is 0.0749. The predicted octanol–water partition coefficient (Wildman–Crippen LogP) is 5.08. The van der Waals surface area contributed by atoms with Crippen LogP contribution in [0.5, 0.6) is 0 Å². The second kappa shape index (κ2) is 6.36. The fourth-order valence-electron chi connectivity index (χ4n) is 2.43. The standard InChI is InChI=1S/C14H18BrClFN/c1-2-18-14(6-9-4-3-5-9)10-7-12(16)11(15)8-13(10)17/h7-9,14,18H,2-6H2,1H3. The third-order valence-corrected chi connectivity index (χ3v) is 4.86. The molecule has 1 aromatic rings. The molecule has 1 aliphatic carbocycles. The normalized spacial score (nSPS) is 17.6. The van der Waals surface area contributed by atoms with Crippen LogP contribution in [0.15, 0.2) is 16.6 Å². The van der Waals surface area contributed by atoms with Crippen molar-refractivity contribution in [3.05, 3.63) is 33.0 Å². The highest BCUT2D eigenvalue weighted by Crippen LogP contribution is 2.37. The number of halogens is 3. The minimum Gasteiger partial charge on any atom is -0.310 e. The Morgan fingerprint density at radius 3 is 2.78 bits per heavy atom. The Morgan fingerprint density at radius 1 is 1.50 bits per heavy atom. The van der Waals surface area contributed by atoms with Crippen molar-refractivity contribution >= 4 is 27.5 Å². The maximum Gasteiger partial charge on any atom is 0.129 e. The molecule has 1 unspecified atom stereocenters. The Kier molecular flexibility index (Phi) is 5.05. The fraction of sp³-hybridized carbons (Fsp3) is 0.571. The van der Waals surface area contributed by atoms with E-state index in [0.29, 0.717) is 15.1 Å². The first-order valence-electron chi connectivity index (χ1n) is 6.49. The highest BCUT2D eigenvalue weighted by Gasteiger charge is 2.24. The molecule has 1 saturated carbocycles. The van der Waals surface area contributed by atoms with Crippen LogP contribution >= 0.6 is 27.5 Å². The van der Waals surface area contributed by atoms with E-state index in [0.717, 1.165) is 18.9 Å². The first kappa shape index (κ1) is 14.3. The Hall–Kier alpha value is -0.120. The largest absolute Gasteiger partial charge is 0.310 e. The van der Waals surface area contributed by atoms with Gasteiger partial charge in [-0.15, -0.1) is 0 Å². The van der Waals surface area contributed by atoms with Gasteiger partial charge < -0.3 is 5.32 Å². The molecule has 4 heteroatoms. The molecule has 1 atom stereocenters. The Morgan fingerprint density at radius 2 is 2.22 bits per heavy atom. The lowest BCUT2D eigenvalue weighted by molar-refractivity contribution is 0.260. The van der Waals surface area contributed by atoms with Crippen molar-refractivity contribution in [3.8, 4) is 0 Å². The number of rotatable bonds is 5. The van der Waals surface area contributed by atoms with Crippen molar-refractivity contribution in [1.82, 2.24) is 5.32 Å². The van der Waals surface area contributed by atoms with Gasteiger partial charge in [-0.2, -0.15) is 0 Å². The van der Waals surface area contributed by atoms with E-state index in [-0.39, 0.29) is 11.9 Å². The summed E-state index contributed by atoms with van der Waals surface area (Å²) >= 11 is 9.32. The quantitative estimate of drug-likeness (QED) is 0.740. The van der Waals surface area contributed by atoms with Gasteiger partial charge >= 0.3 is 0 Å². The summed E-state index contributed by atoms with van der Waals surface area (Å²) in [6, 6.07) is 3.28. The van der Waals surface area contributed by atoms with E-state index in [1.165, 1.54) is 25.3 Å². The first-order chi connectivity index (χ1) is 8.61. The van der Waals surface area contributed by atoms with E-state index in [9.17, 15) is 4.39 Å². The van der Waals surface area contributed by atoms with E-state index in [4.69, 9.17) is 11.6 Å². The molecule has 18 heavy (non-hydrogen) atoms. The molecule has 0 saturated heterocycles. The molecule has 0 heterocycles. The predicted molar refractivity (Wildman–Crippen MR) is 77.5 cm³/mol. The van der Waals surface area contributed by atoms with Crippen molar-refractivity contribution < 1.29 is 4.39 Å². The van der Waals surface area contributed by atoms with E-state index in [2.05, 4.69) is 21.2 Å². The van der Waals surface area contributed by atoms with Crippen molar-refractivity contribution in [3.63, 3.8) is 0 Å². The highest BCUT2D eigenvalue weighted by molar-refractivity contribution is 9.10. The average Bonchev–Trinajstić information content (AvgIpc) is 2.27. The molecule has 0 aliphatic heterocycles. The first-order valence-corrected chi connectivity index (χ1v) is 7.66. The fourth-order valence-corrected chi connectivity index (χ4v) is 2.92. The summed E-state index contributed by atoms with van der Waals surface area (Å²) in [6.07, 6.45) is 4.86. The summed E-state index contributed by atoms with van der Waals surface area (Å²) in [5.41, 5.74) is 0.692. The molecular weight excluding hydrogens is 317 g/mol. The van der Waals surface area contributed by atoms with Gasteiger partial charge in [0.05, 0.1) is 5.02 Å². The van der Waals surface area contributed by atoms with Crippen LogP contribution in [0.25, 0.3) is 0 Å². The highest BCUT2D eigenvalue weighted by atomic mass is 79.9. The van der Waals surface area contributed by atoms with Crippen LogP contribution in [0.2, 0.25) is 5.02 Å². The summed E-state index contributed by atoms with van der Waals surface area (Å²) in [6.45, 7) is 2.89. The van der Waals surface area contributed by atoms with Crippen LogP contribution in [0.4, 0.5) is 4.39 Å². The van der Waals surface area contributed by atoms with Crippen molar-refractivity contribution in [1.29, 1.82) is 0 Å². The monoisotopic (exact) mass is 333 g/mol. The molecule has 1 fully saturated rings. The number of benzene rings is 1. The molecule has 0 amide bonds. The lowest BCUT2D eigenvalue weighted by Crippen LogP contribution is -2.26. The second-order valence-electron chi connectivity index (χ2n) is 4.93. The van der Waals surface area contributed by atoms with Gasteiger partial charge in [0.2, 0.25) is 0 Å². The van der Waals surface area contributed by atoms with Crippen LogP contribution in [-0.2, 0) is 0 Å². The minimum atomic E-state index is -0.184. The number of hydrogen-bond donors (Lipinski definition) is 1. The third kappa shape index (κ3) is 3.25.